The molecule has 1 atom stereocenters. The Morgan fingerprint density at radius 1 is 1.35 bits per heavy atom. The number of benzene rings is 1. The molecule has 142 valence electrons. The van der Waals surface area contributed by atoms with Gasteiger partial charge in [-0.05, 0) is 25.1 Å². The molecule has 1 aromatic carbocycles. The highest BCUT2D eigenvalue weighted by Crippen LogP contribution is 2.26. The molecule has 2 rings (SSSR count). The van der Waals surface area contributed by atoms with E-state index in [1.165, 1.54) is 0 Å². The van der Waals surface area contributed by atoms with Crippen LogP contribution in [0.15, 0.2) is 18.2 Å². The fourth-order valence-electron chi connectivity index (χ4n) is 3.38. The molecule has 1 aromatic rings. The summed E-state index contributed by atoms with van der Waals surface area (Å²) in [5.41, 5.74) is 2.60. The molecule has 1 amide bonds. The minimum Gasteiger partial charge on any atom is -0.369 e. The van der Waals surface area contributed by atoms with Crippen molar-refractivity contribution in [1.29, 1.82) is 0 Å². The summed E-state index contributed by atoms with van der Waals surface area (Å²) in [6, 6.07) is 5.32. The largest absolute Gasteiger partial charge is 0.369 e. The molecule has 0 aliphatic carbocycles. The Labute approximate surface area is 154 Å². The Balaban J connectivity index is 2.28. The number of anilines is 1. The van der Waals surface area contributed by atoms with Crippen LogP contribution < -0.4 is 15.5 Å². The second-order valence-electron chi connectivity index (χ2n) is 6.49. The van der Waals surface area contributed by atoms with Crippen molar-refractivity contribution < 1.29 is 14.4 Å². The Morgan fingerprint density at radius 2 is 2.08 bits per heavy atom. The number of amides is 1. The molecule has 0 saturated carbocycles. The molecule has 0 bridgehead atoms. The topological polar surface area (TPSA) is 81.8 Å². The second-order valence-corrected chi connectivity index (χ2v) is 6.49. The smallest absolute Gasteiger partial charge is 0.237 e. The van der Waals surface area contributed by atoms with E-state index >= 15 is 0 Å². The Morgan fingerprint density at radius 3 is 2.69 bits per heavy atom. The number of piperazine rings is 1. The van der Waals surface area contributed by atoms with Gasteiger partial charge in [0.05, 0.1) is 6.04 Å². The molecule has 26 heavy (non-hydrogen) atoms. The summed E-state index contributed by atoms with van der Waals surface area (Å²) in [5.74, 6) is -0.123. The Bertz CT molecular complexity index is 629. The first-order valence-corrected chi connectivity index (χ1v) is 9.00. The van der Waals surface area contributed by atoms with E-state index in [0.29, 0.717) is 24.9 Å². The predicted molar refractivity (Wildman–Crippen MR) is 102 cm³/mol. The summed E-state index contributed by atoms with van der Waals surface area (Å²) in [5, 5.41) is 5.99. The van der Waals surface area contributed by atoms with Crippen molar-refractivity contribution in [2.24, 2.45) is 0 Å². The number of aldehydes is 2. The van der Waals surface area contributed by atoms with Crippen LogP contribution in [0.2, 0.25) is 0 Å². The molecule has 0 aromatic heterocycles. The molecule has 2 N–H and O–H groups in total. The van der Waals surface area contributed by atoms with Crippen LogP contribution in [0.1, 0.15) is 28.8 Å². The van der Waals surface area contributed by atoms with Gasteiger partial charge in [-0.1, -0.05) is 12.1 Å². The number of rotatable bonds is 9. The maximum absolute atomic E-state index is 12.2. The number of carbonyl (C=O) groups is 3. The predicted octanol–water partition coefficient (Wildman–Crippen LogP) is 0.434. The van der Waals surface area contributed by atoms with Crippen LogP contribution in [0.4, 0.5) is 5.69 Å². The average Bonchev–Trinajstić information content (AvgIpc) is 2.68. The van der Waals surface area contributed by atoms with Crippen molar-refractivity contribution in [3.8, 4) is 0 Å². The van der Waals surface area contributed by atoms with E-state index in [2.05, 4.69) is 15.5 Å². The SMILES string of the molecule is CNC(=O)C(CCC=O)N(C)Cc1c(C=O)cccc1N1CCNCC1. The zero-order valence-electron chi connectivity index (χ0n) is 15.5. The van der Waals surface area contributed by atoms with Gasteiger partial charge in [0.15, 0.2) is 0 Å². The van der Waals surface area contributed by atoms with Gasteiger partial charge in [0.25, 0.3) is 0 Å². The van der Waals surface area contributed by atoms with Crippen LogP contribution in [0.25, 0.3) is 0 Å². The minimum absolute atomic E-state index is 0.123. The van der Waals surface area contributed by atoms with E-state index in [-0.39, 0.29) is 5.91 Å². The lowest BCUT2D eigenvalue weighted by Gasteiger charge is -2.33. The molecule has 0 spiro atoms. The molecule has 1 unspecified atom stereocenters. The highest BCUT2D eigenvalue weighted by Gasteiger charge is 2.24. The average molecular weight is 360 g/mol. The normalized spacial score (nSPS) is 15.6. The Kier molecular flexibility index (Phi) is 7.74. The summed E-state index contributed by atoms with van der Waals surface area (Å²) >= 11 is 0. The lowest BCUT2D eigenvalue weighted by atomic mass is 10.0. The third-order valence-corrected chi connectivity index (χ3v) is 4.82. The first kappa shape index (κ1) is 20.1. The van der Waals surface area contributed by atoms with Crippen LogP contribution >= 0.6 is 0 Å². The Hall–Kier alpha value is -2.25. The number of carbonyl (C=O) groups excluding carboxylic acids is 3. The van der Waals surface area contributed by atoms with E-state index in [4.69, 9.17) is 0 Å². The van der Waals surface area contributed by atoms with Gasteiger partial charge < -0.3 is 20.3 Å². The summed E-state index contributed by atoms with van der Waals surface area (Å²) in [6.45, 7) is 4.03. The quantitative estimate of drug-likeness (QED) is 0.622. The van der Waals surface area contributed by atoms with Gasteiger partial charge in [0, 0.05) is 57.4 Å². The van der Waals surface area contributed by atoms with Crippen LogP contribution in [0.3, 0.4) is 0 Å². The zero-order valence-corrected chi connectivity index (χ0v) is 15.5. The zero-order chi connectivity index (χ0) is 18.9. The second kappa shape index (κ2) is 10.0. The fourth-order valence-corrected chi connectivity index (χ4v) is 3.38. The van der Waals surface area contributed by atoms with Crippen LogP contribution in [-0.2, 0) is 16.1 Å². The number of hydrogen-bond donors (Lipinski definition) is 2. The van der Waals surface area contributed by atoms with E-state index in [0.717, 1.165) is 50.0 Å². The number of nitrogens with zero attached hydrogens (tertiary/aromatic N) is 2. The first-order chi connectivity index (χ1) is 12.6. The van der Waals surface area contributed by atoms with Gasteiger partial charge in [-0.15, -0.1) is 0 Å². The number of nitrogens with one attached hydrogen (secondary N) is 2. The summed E-state index contributed by atoms with van der Waals surface area (Å²) < 4.78 is 0. The molecule has 7 heteroatoms. The van der Waals surface area contributed by atoms with Gasteiger partial charge in [-0.3, -0.25) is 14.5 Å². The number of likely N-dealkylation sites (N-methyl/N-ethyl adjacent to an activating group) is 2. The van der Waals surface area contributed by atoms with Gasteiger partial charge in [-0.25, -0.2) is 0 Å². The maximum atomic E-state index is 12.2. The van der Waals surface area contributed by atoms with Crippen LogP contribution in [-0.4, -0.2) is 69.7 Å². The van der Waals surface area contributed by atoms with Gasteiger partial charge in [0.2, 0.25) is 5.91 Å². The minimum atomic E-state index is -0.416. The van der Waals surface area contributed by atoms with Crippen molar-refractivity contribution in [3.05, 3.63) is 29.3 Å². The van der Waals surface area contributed by atoms with E-state index in [1.807, 2.05) is 30.1 Å². The molecule has 1 aliphatic rings. The van der Waals surface area contributed by atoms with Gasteiger partial charge >= 0.3 is 0 Å². The lowest BCUT2D eigenvalue weighted by Crippen LogP contribution is -2.45. The molecule has 1 heterocycles. The third kappa shape index (κ3) is 4.89. The fraction of sp³-hybridized carbons (Fsp3) is 0.526. The van der Waals surface area contributed by atoms with Gasteiger partial charge in [0.1, 0.15) is 12.6 Å². The molecule has 1 aliphatic heterocycles. The van der Waals surface area contributed by atoms with Crippen molar-refractivity contribution in [1.82, 2.24) is 15.5 Å². The summed E-state index contributed by atoms with van der Waals surface area (Å²) in [4.78, 5) is 38.8. The van der Waals surface area contributed by atoms with Crippen LogP contribution in [0, 0.1) is 0 Å². The first-order valence-electron chi connectivity index (χ1n) is 9.00. The van der Waals surface area contributed by atoms with Crippen molar-refractivity contribution in [2.75, 3.05) is 45.2 Å². The number of hydrogen-bond acceptors (Lipinski definition) is 6. The van der Waals surface area contributed by atoms with E-state index < -0.39 is 6.04 Å². The molecule has 7 nitrogen and oxygen atoms in total. The van der Waals surface area contributed by atoms with Crippen molar-refractivity contribution >= 4 is 24.2 Å². The summed E-state index contributed by atoms with van der Waals surface area (Å²) in [7, 11) is 3.45. The molecule has 0 radical (unpaired) electrons. The monoisotopic (exact) mass is 360 g/mol. The third-order valence-electron chi connectivity index (χ3n) is 4.82. The summed E-state index contributed by atoms with van der Waals surface area (Å²) in [6.07, 6.45) is 2.47. The van der Waals surface area contributed by atoms with E-state index in [9.17, 15) is 14.4 Å². The highest BCUT2D eigenvalue weighted by molar-refractivity contribution is 5.83. The lowest BCUT2D eigenvalue weighted by molar-refractivity contribution is -0.126. The molecular formula is C19H28N4O3. The molecule has 1 saturated heterocycles. The van der Waals surface area contributed by atoms with Crippen molar-refractivity contribution in [2.45, 2.75) is 25.4 Å². The van der Waals surface area contributed by atoms with Gasteiger partial charge in [-0.2, -0.15) is 0 Å². The molecular weight excluding hydrogens is 332 g/mol. The van der Waals surface area contributed by atoms with Crippen LogP contribution in [0.5, 0.6) is 0 Å². The molecule has 1 fully saturated rings. The highest BCUT2D eigenvalue weighted by atomic mass is 16.2. The van der Waals surface area contributed by atoms with E-state index in [1.54, 1.807) is 7.05 Å². The van der Waals surface area contributed by atoms with Crippen molar-refractivity contribution in [3.63, 3.8) is 0 Å². The standard InChI is InChI=1S/C19H28N4O3/c1-20-19(26)18(7-4-12-24)22(2)13-16-15(14-25)5-3-6-17(16)23-10-8-21-9-11-23/h3,5-6,12,14,18,21H,4,7-11,13H2,1-2H3,(H,20,26). The maximum Gasteiger partial charge on any atom is 0.237 e.